The van der Waals surface area contributed by atoms with E-state index in [9.17, 15) is 13.8 Å². The molecule has 30 heavy (non-hydrogen) atoms. The maximum Gasteiger partial charge on any atom is 0.328 e. The van der Waals surface area contributed by atoms with Crippen molar-refractivity contribution in [3.05, 3.63) is 30.5 Å². The second-order valence-electron chi connectivity index (χ2n) is 6.86. The van der Waals surface area contributed by atoms with E-state index in [1.807, 2.05) is 30.5 Å². The van der Waals surface area contributed by atoms with Crippen LogP contribution in [0.5, 0.6) is 0 Å². The Balaban J connectivity index is 1.71. The fourth-order valence-corrected chi connectivity index (χ4v) is 5.49. The number of hydrogen-bond donors (Lipinski definition) is 3. The van der Waals surface area contributed by atoms with E-state index in [2.05, 4.69) is 15.0 Å². The molecule has 2 amide bonds. The van der Waals surface area contributed by atoms with Crippen molar-refractivity contribution >= 4 is 56.9 Å². The van der Waals surface area contributed by atoms with Gasteiger partial charge in [0, 0.05) is 17.1 Å². The third-order valence-corrected chi connectivity index (χ3v) is 7.81. The second-order valence-corrected chi connectivity index (χ2v) is 10.3. The highest BCUT2D eigenvalue weighted by atomic mass is 32.2. The van der Waals surface area contributed by atoms with Gasteiger partial charge in [0.15, 0.2) is 5.13 Å². The zero-order valence-electron chi connectivity index (χ0n) is 16.5. The molecule has 1 aromatic heterocycles. The molecule has 3 rings (SSSR count). The molecule has 2 aromatic rings. The van der Waals surface area contributed by atoms with Crippen LogP contribution in [-0.4, -0.2) is 45.6 Å². The van der Waals surface area contributed by atoms with Gasteiger partial charge in [0.2, 0.25) is 0 Å². The van der Waals surface area contributed by atoms with Crippen molar-refractivity contribution in [2.75, 3.05) is 29.6 Å². The Kier molecular flexibility index (Phi) is 8.25. The number of rotatable bonds is 9. The summed E-state index contributed by atoms with van der Waals surface area (Å²) in [4.78, 5) is 30.6. The molecular formula is C19H24N4O4S3. The van der Waals surface area contributed by atoms with Crippen LogP contribution in [0, 0.1) is 5.92 Å². The molecule has 1 saturated carbocycles. The van der Waals surface area contributed by atoms with Gasteiger partial charge in [0.25, 0.3) is 0 Å². The fourth-order valence-electron chi connectivity index (χ4n) is 3.28. The highest BCUT2D eigenvalue weighted by molar-refractivity contribution is 7.98. The van der Waals surface area contributed by atoms with E-state index in [0.717, 1.165) is 34.8 Å². The van der Waals surface area contributed by atoms with Gasteiger partial charge >= 0.3 is 12.0 Å². The molecule has 8 nitrogen and oxygen atoms in total. The summed E-state index contributed by atoms with van der Waals surface area (Å²) in [6.45, 7) is 0.211. The number of carbonyl (C=O) groups is 2. The summed E-state index contributed by atoms with van der Waals surface area (Å²) < 4.78 is 14.8. The van der Waals surface area contributed by atoms with Gasteiger partial charge in [-0.3, -0.25) is 15.0 Å². The zero-order valence-corrected chi connectivity index (χ0v) is 18.9. The minimum atomic E-state index is -1.69. The third-order valence-electron chi connectivity index (χ3n) is 4.78. The molecule has 3 N–H and O–H groups in total. The molecule has 1 unspecified atom stereocenters. The van der Waals surface area contributed by atoms with Gasteiger partial charge in [0.05, 0.1) is 6.20 Å². The number of nitrogens with zero attached hydrogens (tertiary/aromatic N) is 2. The average molecular weight is 469 g/mol. The Morgan fingerprint density at radius 2 is 2.00 bits per heavy atom. The molecule has 1 fully saturated rings. The first-order valence-corrected chi connectivity index (χ1v) is 12.7. The largest absolute Gasteiger partial charge is 0.480 e. The van der Waals surface area contributed by atoms with Crippen molar-refractivity contribution in [3.8, 4) is 0 Å². The van der Waals surface area contributed by atoms with E-state index in [1.165, 1.54) is 19.0 Å². The number of anilines is 2. The lowest BCUT2D eigenvalue weighted by atomic mass is 10.1. The summed E-state index contributed by atoms with van der Waals surface area (Å²) in [7, 11) is -1.69. The number of urea groups is 1. The van der Waals surface area contributed by atoms with Crippen molar-refractivity contribution in [2.45, 2.75) is 34.8 Å². The summed E-state index contributed by atoms with van der Waals surface area (Å²) in [5, 5.41) is 11.8. The van der Waals surface area contributed by atoms with Crippen LogP contribution in [0.15, 0.2) is 39.6 Å². The minimum Gasteiger partial charge on any atom is -0.480 e. The van der Waals surface area contributed by atoms with Gasteiger partial charge < -0.3 is 5.11 Å². The number of benzene rings is 1. The highest BCUT2D eigenvalue weighted by Gasteiger charge is 2.24. The second kappa shape index (κ2) is 10.9. The van der Waals surface area contributed by atoms with Crippen LogP contribution >= 0.6 is 23.1 Å². The highest BCUT2D eigenvalue weighted by Crippen LogP contribution is 2.29. The first-order valence-electron chi connectivity index (χ1n) is 9.51. The molecule has 1 aliphatic carbocycles. The van der Waals surface area contributed by atoms with E-state index in [0.29, 0.717) is 21.8 Å². The number of amides is 2. The fraction of sp³-hybridized carbons (Fsp3) is 0.421. The van der Waals surface area contributed by atoms with Crippen molar-refractivity contribution in [2.24, 2.45) is 5.92 Å². The Labute approximate surface area is 186 Å². The molecule has 1 aliphatic rings. The number of nitrogens with one attached hydrogen (secondary N) is 2. The number of carbonyl (C=O) groups excluding carboxylic acids is 1. The van der Waals surface area contributed by atoms with E-state index < -0.39 is 23.5 Å². The van der Waals surface area contributed by atoms with E-state index in [-0.39, 0.29) is 6.03 Å². The molecular weight excluding hydrogens is 444 g/mol. The number of hydrogen-bond acceptors (Lipinski definition) is 6. The number of carboxylic acid groups (broad SMARTS) is 1. The first-order chi connectivity index (χ1) is 14.5. The van der Waals surface area contributed by atoms with E-state index in [4.69, 9.17) is 5.11 Å². The summed E-state index contributed by atoms with van der Waals surface area (Å²) in [5.41, 5.74) is 0.820. The van der Waals surface area contributed by atoms with Gasteiger partial charge in [0.1, 0.15) is 21.7 Å². The topological polar surface area (TPSA) is 112 Å². The van der Waals surface area contributed by atoms with Crippen LogP contribution < -0.4 is 14.9 Å². The molecule has 0 radical (unpaired) electrons. The smallest absolute Gasteiger partial charge is 0.328 e. The summed E-state index contributed by atoms with van der Waals surface area (Å²) in [6.07, 6.45) is 7.99. The van der Waals surface area contributed by atoms with Crippen molar-refractivity contribution in [1.29, 1.82) is 0 Å². The van der Waals surface area contributed by atoms with Crippen LogP contribution in [0.25, 0.3) is 0 Å². The molecule has 0 spiro atoms. The summed E-state index contributed by atoms with van der Waals surface area (Å²) >= 11 is 2.70. The number of thioether (sulfide) groups is 1. The lowest BCUT2D eigenvalue weighted by molar-refractivity contribution is -0.135. The summed E-state index contributed by atoms with van der Waals surface area (Å²) in [5.74, 6) is -0.632. The average Bonchev–Trinajstić information content (AvgIpc) is 3.42. The monoisotopic (exact) mass is 468 g/mol. The third kappa shape index (κ3) is 6.27. The van der Waals surface area contributed by atoms with Crippen LogP contribution in [0.3, 0.4) is 0 Å². The maximum atomic E-state index is 13.1. The van der Waals surface area contributed by atoms with Gasteiger partial charge in [-0.15, -0.1) is 11.8 Å². The van der Waals surface area contributed by atoms with Gasteiger partial charge in [-0.05, 0) is 49.3 Å². The molecule has 0 aliphatic heterocycles. The Bertz CT molecular complexity index is 897. The number of aromatic nitrogens is 1. The molecule has 162 valence electrons. The molecule has 1 aromatic carbocycles. The predicted molar refractivity (Wildman–Crippen MR) is 121 cm³/mol. The van der Waals surface area contributed by atoms with Gasteiger partial charge in [-0.2, -0.15) is 0 Å². The maximum absolute atomic E-state index is 13.1. The molecule has 1 heterocycles. The van der Waals surface area contributed by atoms with Gasteiger partial charge in [-0.1, -0.05) is 24.2 Å². The lowest BCUT2D eigenvalue weighted by Gasteiger charge is -2.26. The quantitative estimate of drug-likeness (QED) is 0.483. The number of carboxylic acids is 1. The number of aliphatic carboxylic acids is 1. The van der Waals surface area contributed by atoms with Crippen LogP contribution in [0.2, 0.25) is 0 Å². The van der Waals surface area contributed by atoms with Crippen molar-refractivity contribution < 1.29 is 18.9 Å². The SMILES string of the molecule is CSc1ccc(N(CC2CCCC2)C(=O)Nc2ncc(S(=O)NCC(=O)O)s2)cc1. The molecule has 0 bridgehead atoms. The van der Waals surface area contributed by atoms with Crippen LogP contribution in [0.4, 0.5) is 15.6 Å². The first kappa shape index (κ1) is 22.7. The van der Waals surface area contributed by atoms with Crippen molar-refractivity contribution in [1.82, 2.24) is 9.71 Å². The molecule has 1 atom stereocenters. The Morgan fingerprint density at radius 3 is 2.63 bits per heavy atom. The lowest BCUT2D eigenvalue weighted by Crippen LogP contribution is -2.38. The van der Waals surface area contributed by atoms with E-state index in [1.54, 1.807) is 16.7 Å². The zero-order chi connectivity index (χ0) is 21.5. The van der Waals surface area contributed by atoms with Crippen LogP contribution in [0.1, 0.15) is 25.7 Å². The van der Waals surface area contributed by atoms with E-state index >= 15 is 0 Å². The standard InChI is InChI=1S/C19H24N4O4S3/c1-28-15-8-6-14(7-9-15)23(12-13-4-2-3-5-13)19(26)22-18-20-11-17(29-18)30(27)21-10-16(24)25/h6-9,11,13,21H,2-5,10,12H2,1H3,(H,24,25)(H,20,22,26). The Hall–Kier alpha value is -1.95. The Morgan fingerprint density at radius 1 is 1.30 bits per heavy atom. The van der Waals surface area contributed by atoms with Crippen LogP contribution in [-0.2, 0) is 15.8 Å². The number of thiazole rings is 1. The van der Waals surface area contributed by atoms with Crippen molar-refractivity contribution in [3.63, 3.8) is 0 Å². The normalized spacial score (nSPS) is 15.1. The summed E-state index contributed by atoms with van der Waals surface area (Å²) in [6, 6.07) is 7.59. The molecule has 11 heteroatoms. The minimum absolute atomic E-state index is 0.288. The predicted octanol–water partition coefficient (Wildman–Crippen LogP) is 3.79. The molecule has 0 saturated heterocycles. The van der Waals surface area contributed by atoms with Gasteiger partial charge in [-0.25, -0.2) is 18.7 Å².